The van der Waals surface area contributed by atoms with E-state index in [1.165, 1.54) is 6.92 Å². The van der Waals surface area contributed by atoms with Crippen LogP contribution in [0.1, 0.15) is 41.0 Å². The van der Waals surface area contributed by atoms with E-state index in [0.717, 1.165) is 5.57 Å². The van der Waals surface area contributed by atoms with Crippen LogP contribution < -0.4 is 0 Å². The Morgan fingerprint density at radius 2 is 1.97 bits per heavy atom. The number of ketones is 1. The highest BCUT2D eigenvalue weighted by Gasteiger charge is 2.82. The number of hydrogen-bond donors (Lipinski definition) is 1. The molecule has 1 saturated carbocycles. The first-order chi connectivity index (χ1) is 13.5. The van der Waals surface area contributed by atoms with Gasteiger partial charge in [-0.1, -0.05) is 38.2 Å². The molecule has 0 amide bonds. The summed E-state index contributed by atoms with van der Waals surface area (Å²) in [5.41, 5.74) is -0.637. The van der Waals surface area contributed by atoms with Crippen molar-refractivity contribution >= 4 is 11.8 Å². The van der Waals surface area contributed by atoms with Gasteiger partial charge in [-0.15, -0.1) is 0 Å². The lowest BCUT2D eigenvalue weighted by Crippen LogP contribution is -2.40. The predicted molar refractivity (Wildman–Crippen MR) is 108 cm³/mol. The molecule has 1 saturated heterocycles. The fraction of sp³-hybridized carbons (Fsp3) is 0.652. The van der Waals surface area contributed by atoms with Crippen LogP contribution in [0.3, 0.4) is 0 Å². The summed E-state index contributed by atoms with van der Waals surface area (Å²) in [6.07, 6.45) is 3.92. The standard InChI is InChI=1S/C23H32O6/c1-12(2)17-9-8-13(3)20(26)22-11-15(5)21(28-16(6)24)23(22,29-22)10-14(4)18(25)19(17)27-7/h8-10,13,15,17-19,21,25H,1,11H2,2-7H3/b9-8-,14-10+/t13-,15+,17?,18-,19+,21+,22+,23+/m1/s1. The van der Waals surface area contributed by atoms with Crippen LogP contribution in [0.4, 0.5) is 0 Å². The van der Waals surface area contributed by atoms with Crippen molar-refractivity contribution in [1.29, 1.82) is 0 Å². The molecule has 8 atom stereocenters. The van der Waals surface area contributed by atoms with E-state index in [-0.39, 0.29) is 17.6 Å². The molecule has 0 aromatic heterocycles. The monoisotopic (exact) mass is 404 g/mol. The smallest absolute Gasteiger partial charge is 0.303 e. The molecule has 1 heterocycles. The second kappa shape index (κ2) is 7.49. The fourth-order valence-corrected chi connectivity index (χ4v) is 5.14. The van der Waals surface area contributed by atoms with E-state index in [4.69, 9.17) is 14.2 Å². The number of hydrogen-bond acceptors (Lipinski definition) is 6. The van der Waals surface area contributed by atoms with Crippen LogP contribution in [0.5, 0.6) is 0 Å². The second-order valence-electron chi connectivity index (χ2n) is 8.88. The first-order valence-electron chi connectivity index (χ1n) is 10.2. The normalized spacial score (nSPS) is 47.1. The van der Waals surface area contributed by atoms with E-state index in [9.17, 15) is 14.7 Å². The van der Waals surface area contributed by atoms with Crippen molar-refractivity contribution < 1.29 is 28.9 Å². The maximum Gasteiger partial charge on any atom is 0.303 e. The van der Waals surface area contributed by atoms with Gasteiger partial charge in [0.05, 0.1) is 6.10 Å². The average Bonchev–Trinajstić information content (AvgIpc) is 3.21. The Balaban J connectivity index is 2.14. The molecule has 0 radical (unpaired) electrons. The molecule has 1 unspecified atom stereocenters. The minimum Gasteiger partial charge on any atom is -0.459 e. The van der Waals surface area contributed by atoms with Crippen LogP contribution in [-0.2, 0) is 23.8 Å². The zero-order chi connectivity index (χ0) is 21.7. The molecule has 0 aromatic carbocycles. The number of Topliss-reactive ketones (excluding diaryl/α,β-unsaturated/α-hetero) is 1. The Bertz CT molecular complexity index is 782. The summed E-state index contributed by atoms with van der Waals surface area (Å²) in [6, 6.07) is 0. The Kier molecular flexibility index (Phi) is 5.67. The molecule has 1 aliphatic heterocycles. The molecule has 0 spiro atoms. The number of epoxide rings is 1. The van der Waals surface area contributed by atoms with Gasteiger partial charge in [0.25, 0.3) is 0 Å². The van der Waals surface area contributed by atoms with Crippen molar-refractivity contribution in [3.05, 3.63) is 36.0 Å². The molecular formula is C23H32O6. The number of aliphatic hydroxyl groups is 1. The molecule has 2 fully saturated rings. The lowest BCUT2D eigenvalue weighted by molar-refractivity contribution is -0.151. The van der Waals surface area contributed by atoms with E-state index in [2.05, 4.69) is 6.58 Å². The molecule has 0 aromatic rings. The molecule has 6 nitrogen and oxygen atoms in total. The van der Waals surface area contributed by atoms with Gasteiger partial charge in [0.1, 0.15) is 12.2 Å². The number of ether oxygens (including phenoxy) is 3. The number of carbonyl (C=O) groups is 2. The van der Waals surface area contributed by atoms with E-state index in [0.29, 0.717) is 12.0 Å². The van der Waals surface area contributed by atoms with Gasteiger partial charge in [-0.25, -0.2) is 0 Å². The van der Waals surface area contributed by atoms with Crippen molar-refractivity contribution in [2.45, 2.75) is 70.6 Å². The lowest BCUT2D eigenvalue weighted by Gasteiger charge is -2.30. The average molecular weight is 405 g/mol. The number of aliphatic hydroxyl groups excluding tert-OH is 1. The largest absolute Gasteiger partial charge is 0.459 e. The van der Waals surface area contributed by atoms with Gasteiger partial charge in [0.15, 0.2) is 17.0 Å². The van der Waals surface area contributed by atoms with Crippen LogP contribution in [0, 0.1) is 17.8 Å². The van der Waals surface area contributed by atoms with Crippen LogP contribution in [0.15, 0.2) is 36.0 Å². The van der Waals surface area contributed by atoms with Crippen molar-refractivity contribution in [3.63, 3.8) is 0 Å². The first-order valence-corrected chi connectivity index (χ1v) is 10.2. The van der Waals surface area contributed by atoms with Crippen LogP contribution >= 0.6 is 0 Å². The Morgan fingerprint density at radius 1 is 1.31 bits per heavy atom. The zero-order valence-electron chi connectivity index (χ0n) is 18.1. The minimum absolute atomic E-state index is 0.0369. The molecule has 0 bridgehead atoms. The summed E-state index contributed by atoms with van der Waals surface area (Å²) in [5.74, 6) is -1.14. The molecule has 3 aliphatic rings. The summed E-state index contributed by atoms with van der Waals surface area (Å²) in [5, 5.41) is 11.1. The lowest BCUT2D eigenvalue weighted by atomic mass is 9.84. The van der Waals surface area contributed by atoms with Gasteiger partial charge in [-0.2, -0.15) is 0 Å². The van der Waals surface area contributed by atoms with Gasteiger partial charge in [-0.05, 0) is 37.8 Å². The van der Waals surface area contributed by atoms with Crippen molar-refractivity contribution in [1.82, 2.24) is 0 Å². The quantitative estimate of drug-likeness (QED) is 0.442. The van der Waals surface area contributed by atoms with E-state index < -0.39 is 41.4 Å². The van der Waals surface area contributed by atoms with Crippen LogP contribution in [0.25, 0.3) is 0 Å². The van der Waals surface area contributed by atoms with Gasteiger partial charge >= 0.3 is 5.97 Å². The predicted octanol–water partition coefficient (Wildman–Crippen LogP) is 2.76. The summed E-state index contributed by atoms with van der Waals surface area (Å²) >= 11 is 0. The second-order valence-corrected chi connectivity index (χ2v) is 8.88. The highest BCUT2D eigenvalue weighted by molar-refractivity contribution is 5.96. The molecular weight excluding hydrogens is 372 g/mol. The Hall–Kier alpha value is -1.76. The number of methoxy groups -OCH3 is 1. The SMILES string of the molecule is C=C(C)C1/C=C\[C@@H](C)C(=O)[C@@]23C[C@H](C)[C@H](OC(C)=O)[C@]2(/C=C(\C)[C@@H](O)[C@H]1OC)O3. The summed E-state index contributed by atoms with van der Waals surface area (Å²) in [4.78, 5) is 25.2. The first kappa shape index (κ1) is 21.9. The summed E-state index contributed by atoms with van der Waals surface area (Å²) in [6.45, 7) is 12.9. The molecule has 1 N–H and O–H groups in total. The molecule has 160 valence electrons. The topological polar surface area (TPSA) is 85.4 Å². The summed E-state index contributed by atoms with van der Waals surface area (Å²) in [7, 11) is 1.55. The van der Waals surface area contributed by atoms with Crippen LogP contribution in [-0.4, -0.2) is 53.5 Å². The third kappa shape index (κ3) is 3.31. The van der Waals surface area contributed by atoms with E-state index >= 15 is 0 Å². The third-order valence-corrected chi connectivity index (χ3v) is 6.61. The van der Waals surface area contributed by atoms with Gasteiger partial charge in [-0.3, -0.25) is 9.59 Å². The minimum atomic E-state index is -1.05. The number of rotatable bonds is 3. The molecule has 29 heavy (non-hydrogen) atoms. The fourth-order valence-electron chi connectivity index (χ4n) is 5.14. The van der Waals surface area contributed by atoms with Gasteiger partial charge in [0.2, 0.25) is 0 Å². The number of esters is 1. The van der Waals surface area contributed by atoms with Gasteiger partial charge < -0.3 is 19.3 Å². The van der Waals surface area contributed by atoms with E-state index in [1.54, 1.807) is 20.1 Å². The summed E-state index contributed by atoms with van der Waals surface area (Å²) < 4.78 is 17.4. The molecule has 6 heteroatoms. The highest BCUT2D eigenvalue weighted by Crippen LogP contribution is 2.65. The highest BCUT2D eigenvalue weighted by atomic mass is 16.7. The van der Waals surface area contributed by atoms with Crippen molar-refractivity contribution in [3.8, 4) is 0 Å². The van der Waals surface area contributed by atoms with E-state index in [1.807, 2.05) is 32.9 Å². The zero-order valence-corrected chi connectivity index (χ0v) is 18.1. The molecule has 3 rings (SSSR count). The van der Waals surface area contributed by atoms with Crippen molar-refractivity contribution in [2.24, 2.45) is 17.8 Å². The van der Waals surface area contributed by atoms with Gasteiger partial charge in [0, 0.05) is 25.9 Å². The maximum atomic E-state index is 13.4. The number of allylic oxidation sites excluding steroid dienone is 1. The Labute approximate surface area is 172 Å². The van der Waals surface area contributed by atoms with Crippen molar-refractivity contribution in [2.75, 3.05) is 7.11 Å². The maximum absolute atomic E-state index is 13.4. The Morgan fingerprint density at radius 3 is 2.52 bits per heavy atom. The molecule has 2 aliphatic carbocycles. The number of carbonyl (C=O) groups excluding carboxylic acids is 2. The van der Waals surface area contributed by atoms with Crippen LogP contribution in [0.2, 0.25) is 0 Å². The third-order valence-electron chi connectivity index (χ3n) is 6.61.